The molecule has 1 heterocycles. The van der Waals surface area contributed by atoms with Gasteiger partial charge in [-0.25, -0.2) is 0 Å². The first kappa shape index (κ1) is 18.0. The number of benzene rings is 1. The van der Waals surface area contributed by atoms with Gasteiger partial charge in [0.25, 0.3) is 5.89 Å². The summed E-state index contributed by atoms with van der Waals surface area (Å²) in [7, 11) is 0. The Balaban J connectivity index is 0.00000192. The number of para-hydroxylation sites is 1. The predicted molar refractivity (Wildman–Crippen MR) is 91.0 cm³/mol. The predicted octanol–water partition coefficient (Wildman–Crippen LogP) is 4.40. The van der Waals surface area contributed by atoms with E-state index in [1.165, 1.54) is 0 Å². The fourth-order valence-electron chi connectivity index (χ4n) is 2.80. The third-order valence-electron chi connectivity index (χ3n) is 4.13. The van der Waals surface area contributed by atoms with Crippen LogP contribution in [0.1, 0.15) is 56.8 Å². The van der Waals surface area contributed by atoms with Gasteiger partial charge >= 0.3 is 0 Å². The molecule has 0 aliphatic heterocycles. The molecule has 0 amide bonds. The van der Waals surface area contributed by atoms with Gasteiger partial charge in [0, 0.05) is 0 Å². The minimum atomic E-state index is -0.454. The fourth-order valence-corrected chi connectivity index (χ4v) is 2.98. The van der Waals surface area contributed by atoms with E-state index >= 15 is 0 Å². The Labute approximate surface area is 146 Å². The van der Waals surface area contributed by atoms with Crippen LogP contribution in [0.15, 0.2) is 28.8 Å². The van der Waals surface area contributed by atoms with E-state index in [0.29, 0.717) is 28.9 Å². The standard InChI is InChI=1S/C16H20ClN3O2.ClH/c1-2-12(21-13-8-4-3-7-11(13)17)14-19-15(20-22-14)16(18)9-5-6-10-16;/h3-4,7-8,12H,2,5-6,9-10,18H2,1H3;1H. The molecule has 0 bridgehead atoms. The Morgan fingerprint density at radius 3 is 2.70 bits per heavy atom. The highest BCUT2D eigenvalue weighted by Gasteiger charge is 2.36. The van der Waals surface area contributed by atoms with Gasteiger partial charge in [0.05, 0.1) is 10.6 Å². The Bertz CT molecular complexity index is 642. The Kier molecular flexibility index (Phi) is 5.89. The highest BCUT2D eigenvalue weighted by molar-refractivity contribution is 6.32. The highest BCUT2D eigenvalue weighted by Crippen LogP contribution is 2.36. The third-order valence-corrected chi connectivity index (χ3v) is 4.45. The first-order valence-electron chi connectivity index (χ1n) is 7.66. The molecule has 1 aromatic carbocycles. The van der Waals surface area contributed by atoms with Crippen LogP contribution >= 0.6 is 24.0 Å². The molecular weight excluding hydrogens is 337 g/mol. The average molecular weight is 358 g/mol. The number of nitrogens with zero attached hydrogens (tertiary/aromatic N) is 2. The summed E-state index contributed by atoms with van der Waals surface area (Å²) in [6, 6.07) is 7.35. The summed E-state index contributed by atoms with van der Waals surface area (Å²) in [6.07, 6.45) is 4.37. The van der Waals surface area contributed by atoms with Crippen LogP contribution in [0, 0.1) is 0 Å². The van der Waals surface area contributed by atoms with Crippen LogP contribution in [-0.4, -0.2) is 10.1 Å². The molecule has 1 unspecified atom stereocenters. The number of hydrogen-bond donors (Lipinski definition) is 1. The quantitative estimate of drug-likeness (QED) is 0.857. The fraction of sp³-hybridized carbons (Fsp3) is 0.500. The summed E-state index contributed by atoms with van der Waals surface area (Å²) in [5.74, 6) is 1.65. The minimum Gasteiger partial charge on any atom is -0.479 e. The van der Waals surface area contributed by atoms with Crippen molar-refractivity contribution >= 4 is 24.0 Å². The number of hydrogen-bond acceptors (Lipinski definition) is 5. The van der Waals surface area contributed by atoms with Crippen molar-refractivity contribution in [2.45, 2.75) is 50.7 Å². The summed E-state index contributed by atoms with van der Waals surface area (Å²) in [6.45, 7) is 2.00. The van der Waals surface area contributed by atoms with Gasteiger partial charge in [0.15, 0.2) is 11.9 Å². The molecule has 1 atom stereocenters. The summed E-state index contributed by atoms with van der Waals surface area (Å²) in [5, 5.41) is 4.64. The Morgan fingerprint density at radius 1 is 1.35 bits per heavy atom. The Morgan fingerprint density at radius 2 is 2.04 bits per heavy atom. The lowest BCUT2D eigenvalue weighted by Crippen LogP contribution is -2.34. The molecule has 1 aliphatic rings. The van der Waals surface area contributed by atoms with Gasteiger partial charge in [-0.2, -0.15) is 4.98 Å². The van der Waals surface area contributed by atoms with Crippen LogP contribution < -0.4 is 10.5 Å². The lowest BCUT2D eigenvalue weighted by atomic mass is 9.99. The maximum atomic E-state index is 6.37. The van der Waals surface area contributed by atoms with E-state index in [0.717, 1.165) is 25.7 Å². The summed E-state index contributed by atoms with van der Waals surface area (Å²) in [5.41, 5.74) is 5.91. The van der Waals surface area contributed by atoms with Crippen LogP contribution in [0.3, 0.4) is 0 Å². The van der Waals surface area contributed by atoms with Crippen molar-refractivity contribution in [2.24, 2.45) is 5.73 Å². The van der Waals surface area contributed by atoms with Gasteiger partial charge in [0.1, 0.15) is 5.75 Å². The topological polar surface area (TPSA) is 74.2 Å². The van der Waals surface area contributed by atoms with Crippen molar-refractivity contribution in [2.75, 3.05) is 0 Å². The lowest BCUT2D eigenvalue weighted by Gasteiger charge is -2.18. The van der Waals surface area contributed by atoms with Crippen LogP contribution in [0.4, 0.5) is 0 Å². The molecule has 23 heavy (non-hydrogen) atoms. The molecule has 1 saturated carbocycles. The molecule has 0 radical (unpaired) electrons. The molecule has 0 spiro atoms. The molecule has 2 aromatic rings. The van der Waals surface area contributed by atoms with Gasteiger partial charge in [0.2, 0.25) is 0 Å². The molecular formula is C16H21Cl2N3O2. The normalized spacial score (nSPS) is 17.5. The number of rotatable bonds is 5. The molecule has 0 saturated heterocycles. The number of halogens is 2. The first-order valence-corrected chi connectivity index (χ1v) is 8.04. The van der Waals surface area contributed by atoms with Crippen LogP contribution in [-0.2, 0) is 5.54 Å². The van der Waals surface area contributed by atoms with Gasteiger partial charge in [-0.3, -0.25) is 0 Å². The van der Waals surface area contributed by atoms with Crippen LogP contribution in [0.25, 0.3) is 0 Å². The first-order chi connectivity index (χ1) is 10.6. The van der Waals surface area contributed by atoms with Crippen molar-refractivity contribution in [1.82, 2.24) is 10.1 Å². The van der Waals surface area contributed by atoms with E-state index in [9.17, 15) is 0 Å². The van der Waals surface area contributed by atoms with Crippen molar-refractivity contribution in [3.05, 3.63) is 41.0 Å². The lowest BCUT2D eigenvalue weighted by molar-refractivity contribution is 0.154. The van der Waals surface area contributed by atoms with Crippen molar-refractivity contribution in [1.29, 1.82) is 0 Å². The number of ether oxygens (including phenoxy) is 1. The maximum absolute atomic E-state index is 6.37. The second kappa shape index (κ2) is 7.51. The van der Waals surface area contributed by atoms with E-state index in [1.54, 1.807) is 6.07 Å². The largest absolute Gasteiger partial charge is 0.479 e. The zero-order chi connectivity index (χ0) is 15.6. The Hall–Kier alpha value is -1.30. The monoisotopic (exact) mass is 357 g/mol. The molecule has 1 aliphatic carbocycles. The van der Waals surface area contributed by atoms with Gasteiger partial charge < -0.3 is 15.0 Å². The maximum Gasteiger partial charge on any atom is 0.267 e. The van der Waals surface area contributed by atoms with Crippen molar-refractivity contribution < 1.29 is 9.26 Å². The second-order valence-electron chi connectivity index (χ2n) is 5.76. The van der Waals surface area contributed by atoms with E-state index in [2.05, 4.69) is 10.1 Å². The zero-order valence-corrected chi connectivity index (χ0v) is 14.6. The van der Waals surface area contributed by atoms with Crippen LogP contribution in [0.2, 0.25) is 5.02 Å². The highest BCUT2D eigenvalue weighted by atomic mass is 35.5. The number of aromatic nitrogens is 2. The molecule has 1 fully saturated rings. The molecule has 126 valence electrons. The van der Waals surface area contributed by atoms with Gasteiger partial charge in [-0.15, -0.1) is 12.4 Å². The third kappa shape index (κ3) is 3.79. The summed E-state index contributed by atoms with van der Waals surface area (Å²) >= 11 is 6.13. The number of nitrogens with two attached hydrogens (primary N) is 1. The van der Waals surface area contributed by atoms with Gasteiger partial charge in [-0.05, 0) is 31.4 Å². The van der Waals surface area contributed by atoms with E-state index in [1.807, 2.05) is 25.1 Å². The van der Waals surface area contributed by atoms with Crippen LogP contribution in [0.5, 0.6) is 5.75 Å². The molecule has 7 heteroatoms. The van der Waals surface area contributed by atoms with Crippen molar-refractivity contribution in [3.63, 3.8) is 0 Å². The smallest absolute Gasteiger partial charge is 0.267 e. The summed E-state index contributed by atoms with van der Waals surface area (Å²) < 4.78 is 11.3. The summed E-state index contributed by atoms with van der Waals surface area (Å²) in [4.78, 5) is 4.49. The molecule has 3 rings (SSSR count). The second-order valence-corrected chi connectivity index (χ2v) is 6.17. The van der Waals surface area contributed by atoms with E-state index in [4.69, 9.17) is 26.6 Å². The van der Waals surface area contributed by atoms with Gasteiger partial charge in [-0.1, -0.05) is 48.7 Å². The zero-order valence-electron chi connectivity index (χ0n) is 13.0. The SMILES string of the molecule is CCC(Oc1ccccc1Cl)c1nc(C2(N)CCCC2)no1.Cl. The van der Waals surface area contributed by atoms with E-state index in [-0.39, 0.29) is 18.5 Å². The molecule has 1 aromatic heterocycles. The average Bonchev–Trinajstić information content (AvgIpc) is 3.16. The molecule has 2 N–H and O–H groups in total. The van der Waals surface area contributed by atoms with Crippen molar-refractivity contribution in [3.8, 4) is 5.75 Å². The minimum absolute atomic E-state index is 0. The van der Waals surface area contributed by atoms with E-state index < -0.39 is 5.54 Å². The molecule has 5 nitrogen and oxygen atoms in total.